The second-order valence-electron chi connectivity index (χ2n) is 6.74. The summed E-state index contributed by atoms with van der Waals surface area (Å²) in [6.07, 6.45) is 3.76. The van der Waals surface area contributed by atoms with Crippen LogP contribution >= 0.6 is 0 Å². The van der Waals surface area contributed by atoms with Crippen LogP contribution in [0.15, 0.2) is 11.6 Å². The summed E-state index contributed by atoms with van der Waals surface area (Å²) >= 11 is 0. The van der Waals surface area contributed by atoms with E-state index in [9.17, 15) is 19.6 Å². The Kier molecular flexibility index (Phi) is 6.40. The number of amides is 2. The molecule has 1 aromatic rings. The van der Waals surface area contributed by atoms with Crippen LogP contribution < -0.4 is 5.32 Å². The maximum Gasteiger partial charge on any atom is 0.349 e. The second kappa shape index (κ2) is 8.54. The zero-order valence-electron chi connectivity index (χ0n) is 16.0. The van der Waals surface area contributed by atoms with Crippen molar-refractivity contribution >= 4 is 23.9 Å². The molecule has 0 aromatic carbocycles. The number of ether oxygens (including phenoxy) is 1. The number of aromatic nitrogens is 1. The SMILES string of the molecule is Cc1cc(/C=C(\C#N)C(=O)OCC(=O)NCC(=O)N(C)C)c(C)n1C1CC1. The molecule has 144 valence electrons. The third kappa shape index (κ3) is 5.20. The Balaban J connectivity index is 1.97. The number of rotatable bonds is 7. The van der Waals surface area contributed by atoms with Crippen LogP contribution in [0.25, 0.3) is 6.08 Å². The Morgan fingerprint density at radius 3 is 2.59 bits per heavy atom. The van der Waals surface area contributed by atoms with Gasteiger partial charge in [-0.05, 0) is 44.4 Å². The highest BCUT2D eigenvalue weighted by Gasteiger charge is 2.27. The molecule has 2 rings (SSSR count). The van der Waals surface area contributed by atoms with Crippen LogP contribution in [0.1, 0.15) is 35.8 Å². The lowest BCUT2D eigenvalue weighted by atomic mass is 10.1. The monoisotopic (exact) mass is 372 g/mol. The lowest BCUT2D eigenvalue weighted by molar-refractivity contribution is -0.144. The van der Waals surface area contributed by atoms with Crippen molar-refractivity contribution in [1.82, 2.24) is 14.8 Å². The molecule has 0 radical (unpaired) electrons. The van der Waals surface area contributed by atoms with E-state index in [-0.39, 0.29) is 18.0 Å². The summed E-state index contributed by atoms with van der Waals surface area (Å²) in [5.41, 5.74) is 2.68. The fourth-order valence-corrected chi connectivity index (χ4v) is 2.73. The molecular formula is C19H24N4O4. The summed E-state index contributed by atoms with van der Waals surface area (Å²) in [5.74, 6) is -1.76. The van der Waals surface area contributed by atoms with Gasteiger partial charge in [-0.25, -0.2) is 4.79 Å². The van der Waals surface area contributed by atoms with Crippen molar-refractivity contribution in [3.05, 3.63) is 28.6 Å². The van der Waals surface area contributed by atoms with Crippen LogP contribution in [0, 0.1) is 25.2 Å². The molecule has 2 amide bonds. The molecule has 1 aliphatic rings. The molecule has 1 fully saturated rings. The van der Waals surface area contributed by atoms with Gasteiger partial charge in [0.1, 0.15) is 11.6 Å². The minimum Gasteiger partial charge on any atom is -0.451 e. The summed E-state index contributed by atoms with van der Waals surface area (Å²) in [4.78, 5) is 36.5. The van der Waals surface area contributed by atoms with Gasteiger partial charge >= 0.3 is 5.97 Å². The van der Waals surface area contributed by atoms with Gasteiger partial charge in [0.25, 0.3) is 5.91 Å². The lowest BCUT2D eigenvalue weighted by Gasteiger charge is -2.11. The number of hydrogen-bond acceptors (Lipinski definition) is 5. The Hall–Kier alpha value is -3.08. The van der Waals surface area contributed by atoms with E-state index in [1.165, 1.54) is 11.0 Å². The third-order valence-electron chi connectivity index (χ3n) is 4.35. The van der Waals surface area contributed by atoms with Crippen LogP contribution in [-0.2, 0) is 19.1 Å². The first-order valence-corrected chi connectivity index (χ1v) is 8.68. The number of hydrogen-bond donors (Lipinski definition) is 1. The zero-order chi connectivity index (χ0) is 20.1. The maximum atomic E-state index is 12.1. The van der Waals surface area contributed by atoms with Crippen molar-refractivity contribution in [2.75, 3.05) is 27.2 Å². The first kappa shape index (κ1) is 20.2. The molecule has 1 heterocycles. The predicted octanol–water partition coefficient (Wildman–Crippen LogP) is 1.09. The van der Waals surface area contributed by atoms with Gasteiger partial charge in [0.2, 0.25) is 5.91 Å². The van der Waals surface area contributed by atoms with Gasteiger partial charge in [-0.3, -0.25) is 9.59 Å². The highest BCUT2D eigenvalue weighted by molar-refractivity contribution is 5.99. The largest absolute Gasteiger partial charge is 0.451 e. The molecule has 1 aromatic heterocycles. The van der Waals surface area contributed by atoms with Gasteiger partial charge in [-0.2, -0.15) is 5.26 Å². The average Bonchev–Trinajstić information content (AvgIpc) is 3.41. The van der Waals surface area contributed by atoms with E-state index in [0.29, 0.717) is 6.04 Å². The molecule has 0 saturated heterocycles. The Bertz CT molecular complexity index is 825. The lowest BCUT2D eigenvalue weighted by Crippen LogP contribution is -2.38. The first-order chi connectivity index (χ1) is 12.7. The molecule has 0 bridgehead atoms. The molecule has 0 spiro atoms. The highest BCUT2D eigenvalue weighted by atomic mass is 16.5. The summed E-state index contributed by atoms with van der Waals surface area (Å²) in [6, 6.07) is 4.25. The Labute approximate surface area is 158 Å². The molecule has 1 aliphatic carbocycles. The fourth-order valence-electron chi connectivity index (χ4n) is 2.73. The van der Waals surface area contributed by atoms with Crippen LogP contribution in [0.2, 0.25) is 0 Å². The molecule has 8 nitrogen and oxygen atoms in total. The van der Waals surface area contributed by atoms with Crippen LogP contribution in [0.3, 0.4) is 0 Å². The van der Waals surface area contributed by atoms with E-state index >= 15 is 0 Å². The molecular weight excluding hydrogens is 348 g/mol. The van der Waals surface area contributed by atoms with Crippen molar-refractivity contribution in [2.45, 2.75) is 32.7 Å². The van der Waals surface area contributed by atoms with E-state index in [4.69, 9.17) is 4.74 Å². The van der Waals surface area contributed by atoms with Gasteiger partial charge in [-0.15, -0.1) is 0 Å². The molecule has 0 atom stereocenters. The van der Waals surface area contributed by atoms with Crippen molar-refractivity contribution in [3.63, 3.8) is 0 Å². The van der Waals surface area contributed by atoms with Gasteiger partial charge in [-0.1, -0.05) is 0 Å². The minimum absolute atomic E-state index is 0.178. The molecule has 1 N–H and O–H groups in total. The van der Waals surface area contributed by atoms with Gasteiger partial charge in [0.15, 0.2) is 6.61 Å². The van der Waals surface area contributed by atoms with Crippen molar-refractivity contribution < 1.29 is 19.1 Å². The summed E-state index contributed by atoms with van der Waals surface area (Å²) in [5, 5.41) is 11.6. The molecule has 1 saturated carbocycles. The topological polar surface area (TPSA) is 104 Å². The number of nitrogens with one attached hydrogen (secondary N) is 1. The molecule has 27 heavy (non-hydrogen) atoms. The second-order valence-corrected chi connectivity index (χ2v) is 6.74. The van der Waals surface area contributed by atoms with Crippen LogP contribution in [-0.4, -0.2) is 54.5 Å². The van der Waals surface area contributed by atoms with Gasteiger partial charge in [0, 0.05) is 31.5 Å². The maximum absolute atomic E-state index is 12.1. The van der Waals surface area contributed by atoms with Gasteiger partial charge in [0.05, 0.1) is 6.54 Å². The number of nitriles is 1. The van der Waals surface area contributed by atoms with Gasteiger partial charge < -0.3 is 19.5 Å². The Morgan fingerprint density at radius 2 is 2.04 bits per heavy atom. The fraction of sp³-hybridized carbons (Fsp3) is 0.474. The average molecular weight is 372 g/mol. The quantitative estimate of drug-likeness (QED) is 0.438. The first-order valence-electron chi connectivity index (χ1n) is 8.68. The summed E-state index contributed by atoms with van der Waals surface area (Å²) in [6.45, 7) is 3.20. The Morgan fingerprint density at radius 1 is 1.37 bits per heavy atom. The predicted molar refractivity (Wildman–Crippen MR) is 98.4 cm³/mol. The summed E-state index contributed by atoms with van der Waals surface area (Å²) in [7, 11) is 3.14. The highest BCUT2D eigenvalue weighted by Crippen LogP contribution is 2.38. The number of likely N-dealkylation sites (N-methyl/N-ethyl adjacent to an activating group) is 1. The van der Waals surface area contributed by atoms with Crippen molar-refractivity contribution in [3.8, 4) is 6.07 Å². The van der Waals surface area contributed by atoms with E-state index in [2.05, 4.69) is 9.88 Å². The number of esters is 1. The summed E-state index contributed by atoms with van der Waals surface area (Å²) < 4.78 is 7.09. The van der Waals surface area contributed by atoms with Crippen molar-refractivity contribution in [1.29, 1.82) is 5.26 Å². The van der Waals surface area contributed by atoms with E-state index in [1.807, 2.05) is 26.0 Å². The standard InChI is InChI=1S/C19H24N4O4/c1-12-7-14(13(2)23(12)16-5-6-16)8-15(9-20)19(26)27-11-17(24)21-10-18(25)22(3)4/h7-8,16H,5-6,10-11H2,1-4H3,(H,21,24)/b15-8+. The smallest absolute Gasteiger partial charge is 0.349 e. The molecule has 0 aliphatic heterocycles. The van der Waals surface area contributed by atoms with Crippen molar-refractivity contribution in [2.24, 2.45) is 0 Å². The van der Waals surface area contributed by atoms with E-state index in [1.54, 1.807) is 14.1 Å². The zero-order valence-corrected chi connectivity index (χ0v) is 16.0. The number of carbonyl (C=O) groups is 3. The molecule has 0 unspecified atom stereocenters. The number of aryl methyl sites for hydroxylation is 1. The van der Waals surface area contributed by atoms with E-state index in [0.717, 1.165) is 29.8 Å². The number of carbonyl (C=O) groups excluding carboxylic acids is 3. The van der Waals surface area contributed by atoms with Crippen LogP contribution in [0.5, 0.6) is 0 Å². The number of nitrogens with zero attached hydrogens (tertiary/aromatic N) is 3. The van der Waals surface area contributed by atoms with Crippen LogP contribution in [0.4, 0.5) is 0 Å². The molecule has 8 heteroatoms. The normalized spacial score (nSPS) is 13.7. The third-order valence-corrected chi connectivity index (χ3v) is 4.35. The minimum atomic E-state index is -0.872. The van der Waals surface area contributed by atoms with E-state index < -0.39 is 18.5 Å².